The molecule has 4 atom stereocenters. The third-order valence-corrected chi connectivity index (χ3v) is 6.16. The summed E-state index contributed by atoms with van der Waals surface area (Å²) in [6, 6.07) is 15.3. The zero-order valence-electron chi connectivity index (χ0n) is 21.0. The lowest BCUT2D eigenvalue weighted by atomic mass is 10.0. The number of hydrogen-bond donors (Lipinski definition) is 3. The Kier molecular flexibility index (Phi) is 10.0. The fourth-order valence-electron chi connectivity index (χ4n) is 4.21. The van der Waals surface area contributed by atoms with Crippen molar-refractivity contribution in [1.29, 1.82) is 0 Å². The van der Waals surface area contributed by atoms with E-state index in [1.54, 1.807) is 0 Å². The van der Waals surface area contributed by atoms with Crippen molar-refractivity contribution in [2.75, 3.05) is 13.7 Å². The minimum absolute atomic E-state index is 0.0436. The van der Waals surface area contributed by atoms with Crippen LogP contribution in [0.4, 0.5) is 4.79 Å². The minimum Gasteiger partial charge on any atom is -0.467 e. The molecule has 0 aliphatic carbocycles. The first-order valence-electron chi connectivity index (χ1n) is 12.2. The van der Waals surface area contributed by atoms with E-state index in [1.165, 1.54) is 11.8 Å². The average molecular weight is 512 g/mol. The number of nitrogens with zero attached hydrogens (tertiary/aromatic N) is 1. The Morgan fingerprint density at radius 1 is 1.00 bits per heavy atom. The van der Waals surface area contributed by atoms with Crippen LogP contribution >= 0.6 is 0 Å². The molecule has 1 fully saturated rings. The molecule has 2 aromatic carbocycles. The summed E-state index contributed by atoms with van der Waals surface area (Å²) in [5, 5.41) is 15.1. The number of likely N-dealkylation sites (tertiary alicyclic amines) is 1. The highest BCUT2D eigenvalue weighted by Gasteiger charge is 2.39. The normalized spacial score (nSPS) is 17.3. The van der Waals surface area contributed by atoms with Gasteiger partial charge in [-0.1, -0.05) is 60.7 Å². The quantitative estimate of drug-likeness (QED) is 0.412. The third kappa shape index (κ3) is 7.78. The van der Waals surface area contributed by atoms with Gasteiger partial charge in [0.1, 0.15) is 18.7 Å². The summed E-state index contributed by atoms with van der Waals surface area (Å²) in [5.74, 6) is -1.80. The molecule has 37 heavy (non-hydrogen) atoms. The van der Waals surface area contributed by atoms with Gasteiger partial charge in [0, 0.05) is 13.0 Å². The maximum atomic E-state index is 13.6. The molecule has 10 nitrogen and oxygen atoms in total. The van der Waals surface area contributed by atoms with Gasteiger partial charge in [-0.2, -0.15) is 0 Å². The van der Waals surface area contributed by atoms with Gasteiger partial charge < -0.3 is 30.1 Å². The molecule has 0 saturated carbocycles. The van der Waals surface area contributed by atoms with Crippen molar-refractivity contribution >= 4 is 23.9 Å². The van der Waals surface area contributed by atoms with E-state index in [0.29, 0.717) is 19.4 Å². The van der Waals surface area contributed by atoms with E-state index >= 15 is 0 Å². The van der Waals surface area contributed by atoms with Gasteiger partial charge in [-0.15, -0.1) is 0 Å². The van der Waals surface area contributed by atoms with Gasteiger partial charge in [-0.3, -0.25) is 9.59 Å². The van der Waals surface area contributed by atoms with Crippen molar-refractivity contribution < 1.29 is 33.8 Å². The number of methoxy groups -OCH3 is 1. The molecule has 1 saturated heterocycles. The number of hydrogen-bond acceptors (Lipinski definition) is 7. The van der Waals surface area contributed by atoms with Crippen LogP contribution in [0.25, 0.3) is 0 Å². The highest BCUT2D eigenvalue weighted by atomic mass is 16.5. The lowest BCUT2D eigenvalue weighted by molar-refractivity contribution is -0.149. The van der Waals surface area contributed by atoms with Crippen molar-refractivity contribution in [3.05, 3.63) is 71.8 Å². The Hall–Kier alpha value is -3.92. The summed E-state index contributed by atoms with van der Waals surface area (Å²) in [6.45, 7) is 1.71. The molecule has 0 spiro atoms. The molecule has 0 radical (unpaired) electrons. The summed E-state index contributed by atoms with van der Waals surface area (Å²) in [7, 11) is 1.16. The van der Waals surface area contributed by atoms with E-state index in [1.807, 2.05) is 60.7 Å². The van der Waals surface area contributed by atoms with Gasteiger partial charge in [0.2, 0.25) is 11.8 Å². The molecular formula is C27H33N3O7. The first-order valence-corrected chi connectivity index (χ1v) is 12.2. The van der Waals surface area contributed by atoms with Crippen LogP contribution in [0.1, 0.15) is 30.9 Å². The first kappa shape index (κ1) is 27.7. The number of nitrogens with one attached hydrogen (secondary N) is 2. The van der Waals surface area contributed by atoms with Gasteiger partial charge in [0.05, 0.1) is 13.2 Å². The van der Waals surface area contributed by atoms with E-state index in [-0.39, 0.29) is 13.0 Å². The van der Waals surface area contributed by atoms with Crippen LogP contribution in [0.15, 0.2) is 60.7 Å². The Morgan fingerprint density at radius 3 is 2.22 bits per heavy atom. The van der Waals surface area contributed by atoms with E-state index in [2.05, 4.69) is 15.4 Å². The summed E-state index contributed by atoms with van der Waals surface area (Å²) >= 11 is 0. The van der Waals surface area contributed by atoms with Gasteiger partial charge in [0.25, 0.3) is 0 Å². The van der Waals surface area contributed by atoms with Crippen LogP contribution < -0.4 is 10.6 Å². The van der Waals surface area contributed by atoms with E-state index in [4.69, 9.17) is 4.74 Å². The number of aliphatic hydroxyl groups is 1. The highest BCUT2D eigenvalue weighted by molar-refractivity contribution is 5.93. The second-order valence-electron chi connectivity index (χ2n) is 8.89. The molecule has 1 heterocycles. The fraction of sp³-hybridized carbons (Fsp3) is 0.407. The number of aliphatic hydroxyl groups excluding tert-OH is 1. The Bertz CT molecular complexity index is 1060. The molecule has 3 amide bonds. The van der Waals surface area contributed by atoms with E-state index < -0.39 is 48.1 Å². The number of carbonyl (C=O) groups is 4. The zero-order chi connectivity index (χ0) is 26.8. The number of benzene rings is 2. The summed E-state index contributed by atoms with van der Waals surface area (Å²) in [4.78, 5) is 52.6. The second-order valence-corrected chi connectivity index (χ2v) is 8.89. The highest BCUT2D eigenvalue weighted by Crippen LogP contribution is 2.20. The van der Waals surface area contributed by atoms with Crippen molar-refractivity contribution in [3.8, 4) is 0 Å². The number of amides is 3. The lowest BCUT2D eigenvalue weighted by Gasteiger charge is -2.30. The molecule has 0 aromatic heterocycles. The molecule has 1 aliphatic heterocycles. The molecule has 0 unspecified atom stereocenters. The Morgan fingerprint density at radius 2 is 1.62 bits per heavy atom. The largest absolute Gasteiger partial charge is 0.467 e. The van der Waals surface area contributed by atoms with Crippen LogP contribution in [-0.4, -0.2) is 71.8 Å². The van der Waals surface area contributed by atoms with Crippen LogP contribution in [-0.2, 0) is 36.9 Å². The van der Waals surface area contributed by atoms with Gasteiger partial charge in [0.15, 0.2) is 6.04 Å². The van der Waals surface area contributed by atoms with Crippen LogP contribution in [0.3, 0.4) is 0 Å². The standard InChI is InChI=1S/C27H33N3O7/c1-18(31)23(26(34)36-2)29-24(32)22-14-9-15-30(22)25(33)21(16-19-10-5-3-6-11-19)28-27(35)37-17-20-12-7-4-8-13-20/h3-8,10-13,18,21-23,31H,9,14-17H2,1-2H3,(H,28,35)(H,29,32)/t18-,21-,22-,23-/m0/s1. The smallest absolute Gasteiger partial charge is 0.408 e. The molecule has 10 heteroatoms. The number of rotatable bonds is 10. The Labute approximate surface area is 215 Å². The SMILES string of the molecule is COC(=O)[C@@H](NC(=O)[C@@H]1CCCN1C(=O)[C@H](Cc1ccccc1)NC(=O)OCc1ccccc1)[C@H](C)O. The van der Waals surface area contributed by atoms with Crippen molar-refractivity contribution in [2.24, 2.45) is 0 Å². The van der Waals surface area contributed by atoms with Crippen molar-refractivity contribution in [1.82, 2.24) is 15.5 Å². The lowest BCUT2D eigenvalue weighted by Crippen LogP contribution is -2.57. The molecule has 1 aliphatic rings. The third-order valence-electron chi connectivity index (χ3n) is 6.16. The monoisotopic (exact) mass is 511 g/mol. The molecule has 0 bridgehead atoms. The maximum Gasteiger partial charge on any atom is 0.408 e. The fourth-order valence-corrected chi connectivity index (χ4v) is 4.21. The number of esters is 1. The van der Waals surface area contributed by atoms with Crippen LogP contribution in [0.2, 0.25) is 0 Å². The summed E-state index contributed by atoms with van der Waals surface area (Å²) in [6.07, 6.45) is -0.796. The maximum absolute atomic E-state index is 13.6. The average Bonchev–Trinajstić information content (AvgIpc) is 3.40. The van der Waals surface area contributed by atoms with Gasteiger partial charge >= 0.3 is 12.1 Å². The Balaban J connectivity index is 1.72. The van der Waals surface area contributed by atoms with Crippen LogP contribution in [0.5, 0.6) is 0 Å². The number of alkyl carbamates (subject to hydrolysis) is 1. The van der Waals surface area contributed by atoms with Crippen LogP contribution in [0, 0.1) is 0 Å². The molecule has 198 valence electrons. The molecule has 2 aromatic rings. The van der Waals surface area contributed by atoms with Gasteiger partial charge in [-0.25, -0.2) is 9.59 Å². The minimum atomic E-state index is -1.26. The predicted molar refractivity (Wildman–Crippen MR) is 134 cm³/mol. The molecule has 3 N–H and O–H groups in total. The number of carbonyl (C=O) groups excluding carboxylic acids is 4. The molecular weight excluding hydrogens is 478 g/mol. The first-order chi connectivity index (χ1) is 17.8. The predicted octanol–water partition coefficient (Wildman–Crippen LogP) is 1.55. The summed E-state index contributed by atoms with van der Waals surface area (Å²) < 4.78 is 9.98. The summed E-state index contributed by atoms with van der Waals surface area (Å²) in [5.41, 5.74) is 1.63. The van der Waals surface area contributed by atoms with Gasteiger partial charge in [-0.05, 0) is 30.9 Å². The van der Waals surface area contributed by atoms with Crippen molar-refractivity contribution in [3.63, 3.8) is 0 Å². The van der Waals surface area contributed by atoms with Crippen molar-refractivity contribution in [2.45, 2.75) is 57.0 Å². The van der Waals surface area contributed by atoms with E-state index in [9.17, 15) is 24.3 Å². The molecule has 3 rings (SSSR count). The topological polar surface area (TPSA) is 134 Å². The number of ether oxygens (including phenoxy) is 2. The van der Waals surface area contributed by atoms with E-state index in [0.717, 1.165) is 18.2 Å². The zero-order valence-corrected chi connectivity index (χ0v) is 21.0. The second kappa shape index (κ2) is 13.4.